The lowest BCUT2D eigenvalue weighted by molar-refractivity contribution is -0.119. The van der Waals surface area contributed by atoms with Gasteiger partial charge in [-0.2, -0.15) is 0 Å². The molecule has 2 heterocycles. The van der Waals surface area contributed by atoms with Crippen LogP contribution in [-0.2, 0) is 4.79 Å². The number of nitrogen functional groups attached to an aromatic ring is 1. The number of hydrogen-bond acceptors (Lipinski definition) is 6. The van der Waals surface area contributed by atoms with Gasteiger partial charge < -0.3 is 16.4 Å². The number of hydrogen-bond donors (Lipinski definition) is 2. The van der Waals surface area contributed by atoms with Gasteiger partial charge in [0.25, 0.3) is 5.91 Å². The lowest BCUT2D eigenvalue weighted by Crippen LogP contribution is -2.38. The quantitative estimate of drug-likeness (QED) is 0.794. The Bertz CT molecular complexity index is 516. The molecule has 0 atom stereocenters. The van der Waals surface area contributed by atoms with Crippen molar-refractivity contribution in [1.29, 1.82) is 0 Å². The topological polar surface area (TPSA) is 106 Å². The molecule has 1 aromatic heterocycles. The lowest BCUT2D eigenvalue weighted by Gasteiger charge is -2.20. The van der Waals surface area contributed by atoms with Crippen molar-refractivity contribution in [1.82, 2.24) is 14.8 Å². The van der Waals surface area contributed by atoms with Crippen molar-refractivity contribution in [3.63, 3.8) is 0 Å². The fraction of sp³-hybridized carbons (Fsp3) is 0.583. The van der Waals surface area contributed by atoms with Crippen molar-refractivity contribution in [2.75, 3.05) is 38.5 Å². The third kappa shape index (κ3) is 3.45. The number of thiazole rings is 1. The molecule has 7 nitrogen and oxygen atoms in total. The van der Waals surface area contributed by atoms with Gasteiger partial charge in [0.1, 0.15) is 4.88 Å². The molecule has 1 saturated heterocycles. The van der Waals surface area contributed by atoms with E-state index in [0.29, 0.717) is 35.3 Å². The number of aromatic nitrogens is 1. The minimum atomic E-state index is -0.337. The number of rotatable bonds is 3. The zero-order chi connectivity index (χ0) is 14.7. The first-order valence-corrected chi connectivity index (χ1v) is 7.32. The van der Waals surface area contributed by atoms with Gasteiger partial charge in [-0.25, -0.2) is 4.98 Å². The molecule has 1 fully saturated rings. The normalized spacial score (nSPS) is 16.9. The number of nitrogens with zero attached hydrogens (tertiary/aromatic N) is 3. The molecule has 0 aromatic carbocycles. The van der Waals surface area contributed by atoms with Crippen LogP contribution in [0.1, 0.15) is 21.8 Å². The van der Waals surface area contributed by atoms with Crippen molar-refractivity contribution < 1.29 is 9.59 Å². The summed E-state index contributed by atoms with van der Waals surface area (Å²) >= 11 is 1.22. The zero-order valence-corrected chi connectivity index (χ0v) is 12.3. The fourth-order valence-corrected chi connectivity index (χ4v) is 3.11. The molecular formula is C12H19N5O2S. The molecule has 1 aliphatic heterocycles. The first-order valence-electron chi connectivity index (χ1n) is 6.50. The van der Waals surface area contributed by atoms with Crippen molar-refractivity contribution in [2.24, 2.45) is 5.73 Å². The van der Waals surface area contributed by atoms with Gasteiger partial charge in [0.15, 0.2) is 5.13 Å². The van der Waals surface area contributed by atoms with E-state index in [2.05, 4.69) is 4.98 Å². The molecule has 0 aliphatic carbocycles. The number of primary amides is 1. The van der Waals surface area contributed by atoms with Crippen LogP contribution in [0, 0.1) is 6.92 Å². The van der Waals surface area contributed by atoms with E-state index in [1.165, 1.54) is 11.3 Å². The predicted molar refractivity (Wildman–Crippen MR) is 77.4 cm³/mol. The number of carbonyl (C=O) groups excluding carboxylic acids is 2. The van der Waals surface area contributed by atoms with Crippen molar-refractivity contribution in [3.05, 3.63) is 10.6 Å². The first-order chi connectivity index (χ1) is 9.47. The van der Waals surface area contributed by atoms with Gasteiger partial charge in [-0.3, -0.25) is 14.5 Å². The van der Waals surface area contributed by atoms with Crippen LogP contribution in [0.2, 0.25) is 0 Å². The molecular weight excluding hydrogens is 278 g/mol. The van der Waals surface area contributed by atoms with Crippen LogP contribution < -0.4 is 11.5 Å². The molecule has 20 heavy (non-hydrogen) atoms. The molecule has 110 valence electrons. The molecule has 0 saturated carbocycles. The van der Waals surface area contributed by atoms with E-state index in [9.17, 15) is 9.59 Å². The summed E-state index contributed by atoms with van der Waals surface area (Å²) in [5.74, 6) is -0.367. The maximum Gasteiger partial charge on any atom is 0.265 e. The Labute approximate surface area is 121 Å². The van der Waals surface area contributed by atoms with Gasteiger partial charge in [-0.15, -0.1) is 0 Å². The van der Waals surface area contributed by atoms with Crippen molar-refractivity contribution in [2.45, 2.75) is 13.3 Å². The Hall–Kier alpha value is -1.67. The Kier molecular flexibility index (Phi) is 4.56. The van der Waals surface area contributed by atoms with E-state index in [-0.39, 0.29) is 18.4 Å². The van der Waals surface area contributed by atoms with Crippen LogP contribution in [0.25, 0.3) is 0 Å². The first kappa shape index (κ1) is 14.7. The summed E-state index contributed by atoms with van der Waals surface area (Å²) in [7, 11) is 0. The Morgan fingerprint density at radius 1 is 1.30 bits per heavy atom. The number of aryl methyl sites for hydroxylation is 1. The summed E-state index contributed by atoms with van der Waals surface area (Å²) in [4.78, 5) is 31.8. The Balaban J connectivity index is 2.01. The predicted octanol–water partition coefficient (Wildman–Crippen LogP) is -0.333. The van der Waals surface area contributed by atoms with Crippen LogP contribution in [0.4, 0.5) is 5.13 Å². The molecule has 8 heteroatoms. The van der Waals surface area contributed by atoms with Gasteiger partial charge in [-0.05, 0) is 13.3 Å². The summed E-state index contributed by atoms with van der Waals surface area (Å²) in [6, 6.07) is 0. The van der Waals surface area contributed by atoms with Gasteiger partial charge >= 0.3 is 0 Å². The van der Waals surface area contributed by atoms with Crippen LogP contribution >= 0.6 is 11.3 Å². The van der Waals surface area contributed by atoms with E-state index in [4.69, 9.17) is 11.5 Å². The highest BCUT2D eigenvalue weighted by atomic mass is 32.1. The number of carbonyl (C=O) groups is 2. The zero-order valence-electron chi connectivity index (χ0n) is 11.5. The maximum atomic E-state index is 12.4. The minimum absolute atomic E-state index is 0.0300. The van der Waals surface area contributed by atoms with Gasteiger partial charge in [-0.1, -0.05) is 11.3 Å². The summed E-state index contributed by atoms with van der Waals surface area (Å²) in [5, 5.41) is 0.413. The van der Waals surface area contributed by atoms with Gasteiger partial charge in [0, 0.05) is 26.2 Å². The second-order valence-electron chi connectivity index (χ2n) is 4.85. The Morgan fingerprint density at radius 3 is 2.65 bits per heavy atom. The van der Waals surface area contributed by atoms with Crippen LogP contribution in [-0.4, -0.2) is 59.3 Å². The highest BCUT2D eigenvalue weighted by molar-refractivity contribution is 7.17. The molecule has 4 N–H and O–H groups in total. The summed E-state index contributed by atoms with van der Waals surface area (Å²) in [5.41, 5.74) is 11.5. The second-order valence-corrected chi connectivity index (χ2v) is 5.89. The molecule has 2 amide bonds. The second kappa shape index (κ2) is 6.19. The molecule has 2 rings (SSSR count). The van der Waals surface area contributed by atoms with E-state index in [1.807, 2.05) is 4.90 Å². The van der Waals surface area contributed by atoms with Crippen molar-refractivity contribution in [3.8, 4) is 0 Å². The SMILES string of the molecule is Cc1nc(N)sc1C(=O)N1CCCN(CC(N)=O)CC1. The van der Waals surface area contributed by atoms with E-state index < -0.39 is 0 Å². The van der Waals surface area contributed by atoms with E-state index >= 15 is 0 Å². The van der Waals surface area contributed by atoms with E-state index in [1.54, 1.807) is 11.8 Å². The largest absolute Gasteiger partial charge is 0.375 e. The van der Waals surface area contributed by atoms with Crippen LogP contribution in [0.15, 0.2) is 0 Å². The third-order valence-electron chi connectivity index (χ3n) is 3.26. The Morgan fingerprint density at radius 2 is 2.05 bits per heavy atom. The van der Waals surface area contributed by atoms with Gasteiger partial charge in [0.05, 0.1) is 12.2 Å². The van der Waals surface area contributed by atoms with Crippen LogP contribution in [0.5, 0.6) is 0 Å². The number of anilines is 1. The average Bonchev–Trinajstić information content (AvgIpc) is 2.58. The minimum Gasteiger partial charge on any atom is -0.375 e. The average molecular weight is 297 g/mol. The summed E-state index contributed by atoms with van der Waals surface area (Å²) < 4.78 is 0. The molecule has 0 spiro atoms. The summed E-state index contributed by atoms with van der Waals surface area (Å²) in [6.45, 7) is 4.72. The summed E-state index contributed by atoms with van der Waals surface area (Å²) in [6.07, 6.45) is 0.826. The molecule has 1 aromatic rings. The number of amides is 2. The van der Waals surface area contributed by atoms with E-state index in [0.717, 1.165) is 13.0 Å². The molecule has 0 bridgehead atoms. The highest BCUT2D eigenvalue weighted by Gasteiger charge is 2.24. The smallest absolute Gasteiger partial charge is 0.265 e. The third-order valence-corrected chi connectivity index (χ3v) is 4.24. The monoisotopic (exact) mass is 297 g/mol. The molecule has 0 radical (unpaired) electrons. The molecule has 0 unspecified atom stereocenters. The van der Waals surface area contributed by atoms with Crippen LogP contribution in [0.3, 0.4) is 0 Å². The highest BCUT2D eigenvalue weighted by Crippen LogP contribution is 2.22. The maximum absolute atomic E-state index is 12.4. The fourth-order valence-electron chi connectivity index (χ4n) is 2.31. The standard InChI is InChI=1S/C12H19N5O2S/c1-8-10(20-12(14)15-8)11(19)17-4-2-3-16(5-6-17)7-9(13)18/h2-7H2,1H3,(H2,13,18)(H2,14,15). The lowest BCUT2D eigenvalue weighted by atomic mass is 10.3. The van der Waals surface area contributed by atoms with Crippen molar-refractivity contribution >= 4 is 28.3 Å². The van der Waals surface area contributed by atoms with Gasteiger partial charge in [0.2, 0.25) is 5.91 Å². The number of nitrogens with two attached hydrogens (primary N) is 2. The molecule has 1 aliphatic rings.